The van der Waals surface area contributed by atoms with Crippen molar-refractivity contribution in [2.45, 2.75) is 19.9 Å². The summed E-state index contributed by atoms with van der Waals surface area (Å²) in [5, 5.41) is 3.77. The van der Waals surface area contributed by atoms with E-state index in [0.717, 1.165) is 23.0 Å². The monoisotopic (exact) mass is 322 g/mol. The molecule has 1 N–H and O–H groups in total. The van der Waals surface area contributed by atoms with Gasteiger partial charge in [-0.15, -0.1) is 0 Å². The zero-order valence-corrected chi connectivity index (χ0v) is 13.4. The highest BCUT2D eigenvalue weighted by atomic mass is 16.2. The summed E-state index contributed by atoms with van der Waals surface area (Å²) in [6, 6.07) is 12.7. The summed E-state index contributed by atoms with van der Waals surface area (Å²) in [4.78, 5) is 32.6. The molecule has 122 valence electrons. The van der Waals surface area contributed by atoms with Crippen molar-refractivity contribution in [1.82, 2.24) is 19.9 Å². The molecule has 3 aromatic rings. The van der Waals surface area contributed by atoms with Crippen LogP contribution in [0.4, 0.5) is 0 Å². The Bertz CT molecular complexity index is 933. The fraction of sp³-hybridized carbons (Fsp3) is 0.222. The molecule has 0 unspecified atom stereocenters. The van der Waals surface area contributed by atoms with Gasteiger partial charge in [-0.2, -0.15) is 0 Å². The molecule has 0 aliphatic carbocycles. The average Bonchev–Trinajstić information content (AvgIpc) is 2.62. The molecule has 0 radical (unpaired) electrons. The largest absolute Gasteiger partial charge is 0.349 e. The van der Waals surface area contributed by atoms with Crippen molar-refractivity contribution in [3.63, 3.8) is 0 Å². The number of benzene rings is 1. The minimum absolute atomic E-state index is 0.111. The normalized spacial score (nSPS) is 10.7. The maximum Gasteiger partial charge on any atom is 0.269 e. The highest BCUT2D eigenvalue weighted by molar-refractivity contribution is 5.94. The standard InChI is InChI=1S/C18H18N4O2/c1-2-14-11-17(23)22(12-20-14)10-9-19-18(24)16-8-7-13-5-3-4-6-15(13)21-16/h3-8,11-12H,2,9-10H2,1H3,(H,19,24). The Morgan fingerprint density at radius 1 is 1.21 bits per heavy atom. The molecule has 0 aliphatic rings. The van der Waals surface area contributed by atoms with Crippen molar-refractivity contribution < 1.29 is 4.79 Å². The summed E-state index contributed by atoms with van der Waals surface area (Å²) in [6.45, 7) is 2.65. The number of pyridine rings is 1. The second kappa shape index (κ2) is 7.04. The van der Waals surface area contributed by atoms with Crippen LogP contribution in [0.25, 0.3) is 10.9 Å². The third-order valence-corrected chi connectivity index (χ3v) is 3.77. The van der Waals surface area contributed by atoms with E-state index < -0.39 is 0 Å². The molecule has 24 heavy (non-hydrogen) atoms. The van der Waals surface area contributed by atoms with Crippen molar-refractivity contribution in [3.8, 4) is 0 Å². The number of hydrogen-bond acceptors (Lipinski definition) is 4. The molecule has 0 fully saturated rings. The SMILES string of the molecule is CCc1cc(=O)n(CCNC(=O)c2ccc3ccccc3n2)cn1. The van der Waals surface area contributed by atoms with E-state index >= 15 is 0 Å². The number of aryl methyl sites for hydroxylation is 1. The van der Waals surface area contributed by atoms with Crippen molar-refractivity contribution in [2.75, 3.05) is 6.54 Å². The number of para-hydroxylation sites is 1. The van der Waals surface area contributed by atoms with E-state index in [4.69, 9.17) is 0 Å². The Kier molecular flexibility index (Phi) is 4.65. The molecule has 3 rings (SSSR count). The van der Waals surface area contributed by atoms with Crippen molar-refractivity contribution >= 4 is 16.8 Å². The van der Waals surface area contributed by atoms with E-state index in [2.05, 4.69) is 15.3 Å². The zero-order valence-electron chi connectivity index (χ0n) is 13.4. The van der Waals surface area contributed by atoms with Crippen LogP contribution >= 0.6 is 0 Å². The summed E-state index contributed by atoms with van der Waals surface area (Å²) in [7, 11) is 0. The molecule has 0 aliphatic heterocycles. The molecular formula is C18H18N4O2. The number of rotatable bonds is 5. The van der Waals surface area contributed by atoms with Crippen LogP contribution in [-0.4, -0.2) is 27.0 Å². The van der Waals surface area contributed by atoms with Gasteiger partial charge in [-0.25, -0.2) is 9.97 Å². The van der Waals surface area contributed by atoms with E-state index in [9.17, 15) is 9.59 Å². The Hall–Kier alpha value is -3.02. The number of carbonyl (C=O) groups is 1. The van der Waals surface area contributed by atoms with Gasteiger partial charge in [-0.05, 0) is 18.6 Å². The van der Waals surface area contributed by atoms with E-state index in [-0.39, 0.29) is 11.5 Å². The summed E-state index contributed by atoms with van der Waals surface area (Å²) in [5.74, 6) is -0.257. The quantitative estimate of drug-likeness (QED) is 0.777. The number of aromatic nitrogens is 3. The van der Waals surface area contributed by atoms with E-state index in [1.165, 1.54) is 17.0 Å². The minimum atomic E-state index is -0.257. The van der Waals surface area contributed by atoms with Crippen molar-refractivity contribution in [3.05, 3.63) is 70.5 Å². The topological polar surface area (TPSA) is 76.9 Å². The third kappa shape index (κ3) is 3.48. The number of fused-ring (bicyclic) bond motifs is 1. The first-order chi connectivity index (χ1) is 11.7. The summed E-state index contributed by atoms with van der Waals surface area (Å²) in [6.07, 6.45) is 2.24. The lowest BCUT2D eigenvalue weighted by molar-refractivity contribution is 0.0947. The fourth-order valence-corrected chi connectivity index (χ4v) is 2.40. The molecule has 0 bridgehead atoms. The minimum Gasteiger partial charge on any atom is -0.349 e. The predicted octanol–water partition coefficient (Wildman–Crippen LogP) is 1.78. The first-order valence-corrected chi connectivity index (χ1v) is 7.86. The van der Waals surface area contributed by atoms with Gasteiger partial charge in [0.05, 0.1) is 11.8 Å². The van der Waals surface area contributed by atoms with Gasteiger partial charge in [-0.3, -0.25) is 14.2 Å². The van der Waals surface area contributed by atoms with E-state index in [1.54, 1.807) is 6.07 Å². The first-order valence-electron chi connectivity index (χ1n) is 7.86. The second-order valence-corrected chi connectivity index (χ2v) is 5.41. The third-order valence-electron chi connectivity index (χ3n) is 3.77. The van der Waals surface area contributed by atoms with Crippen LogP contribution in [-0.2, 0) is 13.0 Å². The molecule has 6 heteroatoms. The van der Waals surface area contributed by atoms with Crippen LogP contribution in [0, 0.1) is 0 Å². The van der Waals surface area contributed by atoms with Crippen LogP contribution < -0.4 is 10.9 Å². The first kappa shape index (κ1) is 15.9. The maximum absolute atomic E-state index is 12.2. The molecule has 0 saturated carbocycles. The summed E-state index contributed by atoms with van der Waals surface area (Å²) in [5.41, 5.74) is 1.79. The van der Waals surface area contributed by atoms with Gasteiger partial charge < -0.3 is 5.32 Å². The van der Waals surface area contributed by atoms with Crippen LogP contribution in [0.5, 0.6) is 0 Å². The Morgan fingerprint density at radius 3 is 2.83 bits per heavy atom. The van der Waals surface area contributed by atoms with Gasteiger partial charge in [0.25, 0.3) is 11.5 Å². The molecule has 1 amide bonds. The van der Waals surface area contributed by atoms with Crippen LogP contribution in [0.3, 0.4) is 0 Å². The Morgan fingerprint density at radius 2 is 2.04 bits per heavy atom. The predicted molar refractivity (Wildman–Crippen MR) is 92.0 cm³/mol. The van der Waals surface area contributed by atoms with Gasteiger partial charge in [0, 0.05) is 30.2 Å². The van der Waals surface area contributed by atoms with Gasteiger partial charge in [-0.1, -0.05) is 31.2 Å². The Balaban J connectivity index is 1.63. The smallest absolute Gasteiger partial charge is 0.269 e. The number of amides is 1. The van der Waals surface area contributed by atoms with Crippen LogP contribution in [0.1, 0.15) is 23.1 Å². The maximum atomic E-state index is 12.2. The highest BCUT2D eigenvalue weighted by Crippen LogP contribution is 2.11. The second-order valence-electron chi connectivity index (χ2n) is 5.41. The van der Waals surface area contributed by atoms with Gasteiger partial charge in [0.1, 0.15) is 5.69 Å². The van der Waals surface area contributed by atoms with Gasteiger partial charge in [0.15, 0.2) is 0 Å². The molecule has 0 atom stereocenters. The van der Waals surface area contributed by atoms with E-state index in [0.29, 0.717) is 18.8 Å². The van der Waals surface area contributed by atoms with Crippen molar-refractivity contribution in [1.29, 1.82) is 0 Å². The number of nitrogens with zero attached hydrogens (tertiary/aromatic N) is 3. The van der Waals surface area contributed by atoms with E-state index in [1.807, 2.05) is 37.3 Å². The summed E-state index contributed by atoms with van der Waals surface area (Å²) < 4.78 is 1.48. The fourth-order valence-electron chi connectivity index (χ4n) is 2.40. The molecule has 6 nitrogen and oxygen atoms in total. The highest BCUT2D eigenvalue weighted by Gasteiger charge is 2.08. The zero-order chi connectivity index (χ0) is 16.9. The molecule has 0 spiro atoms. The number of nitrogens with one attached hydrogen (secondary N) is 1. The molecule has 0 saturated heterocycles. The van der Waals surface area contributed by atoms with Crippen LogP contribution in [0.2, 0.25) is 0 Å². The molecule has 2 heterocycles. The lowest BCUT2D eigenvalue weighted by atomic mass is 10.2. The number of hydrogen-bond donors (Lipinski definition) is 1. The van der Waals surface area contributed by atoms with Crippen LogP contribution in [0.15, 0.2) is 53.6 Å². The molecule has 2 aromatic heterocycles. The lowest BCUT2D eigenvalue weighted by Gasteiger charge is -2.08. The lowest BCUT2D eigenvalue weighted by Crippen LogP contribution is -2.31. The van der Waals surface area contributed by atoms with Gasteiger partial charge >= 0.3 is 0 Å². The van der Waals surface area contributed by atoms with Gasteiger partial charge in [0.2, 0.25) is 0 Å². The summed E-state index contributed by atoms with van der Waals surface area (Å²) >= 11 is 0. The van der Waals surface area contributed by atoms with Crippen molar-refractivity contribution in [2.24, 2.45) is 0 Å². The molecular weight excluding hydrogens is 304 g/mol. The average molecular weight is 322 g/mol. The Labute approximate surface area is 139 Å². The number of carbonyl (C=O) groups excluding carboxylic acids is 1. The molecule has 1 aromatic carbocycles.